The van der Waals surface area contributed by atoms with E-state index in [0.29, 0.717) is 47.7 Å². The van der Waals surface area contributed by atoms with Crippen LogP contribution in [-0.4, -0.2) is 57.4 Å². The quantitative estimate of drug-likeness (QED) is 0.102. The van der Waals surface area contributed by atoms with Gasteiger partial charge in [0.05, 0.1) is 48.0 Å². The van der Waals surface area contributed by atoms with Gasteiger partial charge in [0.15, 0.2) is 10.3 Å². The van der Waals surface area contributed by atoms with Crippen molar-refractivity contribution in [2.75, 3.05) is 19.0 Å². The highest BCUT2D eigenvalue weighted by atomic mass is 32.2. The van der Waals surface area contributed by atoms with Crippen LogP contribution in [0.3, 0.4) is 0 Å². The highest BCUT2D eigenvalue weighted by Gasteiger charge is 2.24. The SMILES string of the molecule is CCOc1ccnc2ccc(/C=C3\SC(=NCc4sccc4C)NC3=O)cc12.CCOc1ccnc2ccc(C=O)cc12.Cc1ccsc1CN=C1NC(=O)CS1. The lowest BCUT2D eigenvalue weighted by atomic mass is 10.1. The van der Waals surface area contributed by atoms with Crippen molar-refractivity contribution in [2.45, 2.75) is 40.8 Å². The number of fused-ring (bicyclic) bond motifs is 2. The Kier molecular flexibility index (Phi) is 14.6. The molecule has 15 heteroatoms. The monoisotopic (exact) mass is 836 g/mol. The van der Waals surface area contributed by atoms with E-state index in [1.54, 1.807) is 53.3 Å². The molecular formula is C42H40N6O5S4. The number of aldehydes is 1. The summed E-state index contributed by atoms with van der Waals surface area (Å²) in [6.45, 7) is 10.5. The Morgan fingerprint density at radius 3 is 1.81 bits per heavy atom. The van der Waals surface area contributed by atoms with Crippen LogP contribution in [0, 0.1) is 13.8 Å². The van der Waals surface area contributed by atoms with E-state index in [1.807, 2.05) is 50.3 Å². The second kappa shape index (κ2) is 20.2. The van der Waals surface area contributed by atoms with Crippen LogP contribution in [-0.2, 0) is 22.7 Å². The molecule has 6 aromatic rings. The lowest BCUT2D eigenvalue weighted by molar-refractivity contribution is -0.117. The number of nitrogens with zero attached hydrogens (tertiary/aromatic N) is 4. The molecule has 11 nitrogen and oxygen atoms in total. The van der Waals surface area contributed by atoms with E-state index >= 15 is 0 Å². The molecule has 0 unspecified atom stereocenters. The fraction of sp³-hybridized carbons (Fsp3) is 0.214. The van der Waals surface area contributed by atoms with Crippen LogP contribution in [0.15, 0.2) is 98.7 Å². The van der Waals surface area contributed by atoms with Crippen molar-refractivity contribution in [1.29, 1.82) is 0 Å². The number of amides is 2. The molecule has 8 rings (SSSR count). The number of pyridine rings is 2. The zero-order valence-corrected chi connectivity index (χ0v) is 35.0. The van der Waals surface area contributed by atoms with Gasteiger partial charge < -0.3 is 20.1 Å². The highest BCUT2D eigenvalue weighted by Crippen LogP contribution is 2.30. The summed E-state index contributed by atoms with van der Waals surface area (Å²) in [6, 6.07) is 19.1. The number of thioether (sulfide) groups is 2. The number of benzene rings is 2. The Hall–Kier alpha value is -5.35. The molecule has 0 spiro atoms. The van der Waals surface area contributed by atoms with Crippen LogP contribution in [0.25, 0.3) is 27.9 Å². The molecule has 0 saturated carbocycles. The number of carbonyl (C=O) groups is 3. The average molecular weight is 837 g/mol. The van der Waals surface area contributed by atoms with Crippen molar-refractivity contribution in [1.82, 2.24) is 20.6 Å². The third-order valence-corrected chi connectivity index (χ3v) is 12.3. The molecule has 2 fully saturated rings. The normalized spacial score (nSPS) is 15.6. The topological polar surface area (TPSA) is 144 Å². The van der Waals surface area contributed by atoms with Crippen LogP contribution in [0.2, 0.25) is 0 Å². The van der Waals surface area contributed by atoms with Crippen molar-refractivity contribution < 1.29 is 23.9 Å². The van der Waals surface area contributed by atoms with Gasteiger partial charge in [-0.3, -0.25) is 34.3 Å². The molecule has 292 valence electrons. The van der Waals surface area contributed by atoms with Gasteiger partial charge in [-0.05, 0) is 128 Å². The molecule has 4 aromatic heterocycles. The maximum atomic E-state index is 12.3. The van der Waals surface area contributed by atoms with Gasteiger partial charge >= 0.3 is 0 Å². The summed E-state index contributed by atoms with van der Waals surface area (Å²) in [5.74, 6) is 2.00. The second-order valence-corrected chi connectivity index (χ2v) is 16.3. The summed E-state index contributed by atoms with van der Waals surface area (Å²) in [6.07, 6.45) is 6.14. The molecule has 2 N–H and O–H groups in total. The zero-order valence-electron chi connectivity index (χ0n) is 31.7. The van der Waals surface area contributed by atoms with E-state index in [1.165, 1.54) is 44.4 Å². The standard InChI is InChI=1S/C21H19N3O2S2.C12H11NO2.C9H10N2OS2/c1-3-26-17-6-8-22-16-5-4-14(10-15(16)17)11-18-20(25)24-21(28-18)23-12-19-13(2)7-9-27-19;1-2-15-12-5-6-13-11-4-3-9(8-14)7-10(11)12;1-6-2-3-13-7(6)4-10-9-11-8(12)5-14-9/h4-11H,3,12H2,1-2H3,(H,23,24,25);3-8H,2H2,1H3;2-3H,4-5H2,1H3,(H,10,11,12)/b18-11-;;. The van der Waals surface area contributed by atoms with Gasteiger partial charge in [0.25, 0.3) is 5.91 Å². The minimum atomic E-state index is -0.122. The third-order valence-electron chi connectivity index (χ3n) is 8.39. The molecule has 2 aliphatic rings. The Balaban J connectivity index is 0.000000159. The number of ether oxygens (including phenoxy) is 2. The lowest BCUT2D eigenvalue weighted by Gasteiger charge is -2.07. The number of thiophene rings is 2. The fourth-order valence-corrected chi connectivity index (χ4v) is 8.65. The third kappa shape index (κ3) is 11.2. The van der Waals surface area contributed by atoms with Gasteiger partial charge in [-0.15, -0.1) is 22.7 Å². The van der Waals surface area contributed by atoms with Crippen molar-refractivity contribution in [3.05, 3.63) is 121 Å². The van der Waals surface area contributed by atoms with E-state index < -0.39 is 0 Å². The number of carbonyl (C=O) groups excluding carboxylic acids is 3. The molecule has 2 amide bonds. The van der Waals surface area contributed by atoms with E-state index in [9.17, 15) is 14.4 Å². The summed E-state index contributed by atoms with van der Waals surface area (Å²) < 4.78 is 11.2. The summed E-state index contributed by atoms with van der Waals surface area (Å²) >= 11 is 6.23. The van der Waals surface area contributed by atoms with Gasteiger partial charge in [0.2, 0.25) is 5.91 Å². The number of aromatic nitrogens is 2. The number of rotatable bonds is 10. The lowest BCUT2D eigenvalue weighted by Crippen LogP contribution is -2.20. The van der Waals surface area contributed by atoms with E-state index in [4.69, 9.17) is 9.47 Å². The van der Waals surface area contributed by atoms with E-state index in [0.717, 1.165) is 50.3 Å². The smallest absolute Gasteiger partial charge is 0.264 e. The van der Waals surface area contributed by atoms with Crippen molar-refractivity contribution >= 4 is 103 Å². The molecule has 0 aliphatic carbocycles. The molecule has 0 atom stereocenters. The largest absolute Gasteiger partial charge is 0.493 e. The second-order valence-electron chi connectivity index (χ2n) is 12.4. The van der Waals surface area contributed by atoms with Crippen LogP contribution >= 0.6 is 46.2 Å². The first-order chi connectivity index (χ1) is 27.7. The minimum absolute atomic E-state index is 0.0525. The molecular weight excluding hydrogens is 797 g/mol. The molecule has 2 saturated heterocycles. The van der Waals surface area contributed by atoms with Crippen molar-refractivity contribution in [2.24, 2.45) is 9.98 Å². The van der Waals surface area contributed by atoms with Gasteiger partial charge in [-0.1, -0.05) is 17.8 Å². The van der Waals surface area contributed by atoms with Crippen molar-refractivity contribution in [3.63, 3.8) is 0 Å². The summed E-state index contributed by atoms with van der Waals surface area (Å²) in [7, 11) is 0. The Labute approximate surface area is 347 Å². The number of aryl methyl sites for hydroxylation is 2. The van der Waals surface area contributed by atoms with Crippen LogP contribution in [0.5, 0.6) is 11.5 Å². The molecule has 2 aromatic carbocycles. The highest BCUT2D eigenvalue weighted by molar-refractivity contribution is 8.18. The van der Waals surface area contributed by atoms with E-state index in [2.05, 4.69) is 67.3 Å². The molecule has 0 bridgehead atoms. The number of amidine groups is 2. The summed E-state index contributed by atoms with van der Waals surface area (Å²) in [5.41, 5.74) is 5.77. The number of hydrogen-bond donors (Lipinski definition) is 2. The first kappa shape index (κ1) is 41.3. The predicted molar refractivity (Wildman–Crippen MR) is 236 cm³/mol. The predicted octanol–water partition coefficient (Wildman–Crippen LogP) is 8.99. The summed E-state index contributed by atoms with van der Waals surface area (Å²) in [5, 5.41) is 12.9. The Morgan fingerprint density at radius 2 is 1.30 bits per heavy atom. The Morgan fingerprint density at radius 1 is 0.737 bits per heavy atom. The van der Waals surface area contributed by atoms with Crippen LogP contribution in [0.4, 0.5) is 0 Å². The Bertz CT molecular complexity index is 2490. The average Bonchev–Trinajstić information content (AvgIpc) is 4.02. The molecule has 0 radical (unpaired) electrons. The van der Waals surface area contributed by atoms with Crippen molar-refractivity contribution in [3.8, 4) is 11.5 Å². The van der Waals surface area contributed by atoms with Crippen LogP contribution in [0.1, 0.15) is 50.7 Å². The number of aliphatic imine (C=N–C) groups is 2. The van der Waals surface area contributed by atoms with Gasteiger partial charge in [0.1, 0.15) is 17.8 Å². The minimum Gasteiger partial charge on any atom is -0.493 e. The molecule has 2 aliphatic heterocycles. The van der Waals surface area contributed by atoms with Gasteiger partial charge in [-0.2, -0.15) is 0 Å². The van der Waals surface area contributed by atoms with E-state index in [-0.39, 0.29) is 11.8 Å². The number of hydrogen-bond acceptors (Lipinski definition) is 13. The first-order valence-electron chi connectivity index (χ1n) is 18.0. The zero-order chi connectivity index (χ0) is 40.1. The number of nitrogens with one attached hydrogen (secondary N) is 2. The maximum Gasteiger partial charge on any atom is 0.264 e. The fourth-order valence-electron chi connectivity index (χ4n) is 5.49. The molecule has 6 heterocycles. The van der Waals surface area contributed by atoms with Gasteiger partial charge in [-0.25, -0.2) is 0 Å². The van der Waals surface area contributed by atoms with Crippen LogP contribution < -0.4 is 20.1 Å². The van der Waals surface area contributed by atoms with Gasteiger partial charge in [0, 0.05) is 38.5 Å². The summed E-state index contributed by atoms with van der Waals surface area (Å²) in [4.78, 5) is 54.4. The maximum absolute atomic E-state index is 12.3. The molecule has 57 heavy (non-hydrogen) atoms. The first-order valence-corrected chi connectivity index (χ1v) is 21.6.